The van der Waals surface area contributed by atoms with Crippen LogP contribution in [0.1, 0.15) is 25.0 Å². The molecule has 0 aromatic heterocycles. The van der Waals surface area contributed by atoms with Crippen LogP contribution in [0, 0.1) is 11.9 Å². The first kappa shape index (κ1) is 11.8. The molecule has 0 amide bonds. The van der Waals surface area contributed by atoms with Gasteiger partial charge in [-0.15, -0.1) is 0 Å². The van der Waals surface area contributed by atoms with Crippen molar-refractivity contribution in [3.63, 3.8) is 0 Å². The van der Waals surface area contributed by atoms with Crippen molar-refractivity contribution in [3.05, 3.63) is 59.4 Å². The molecule has 2 aromatic carbocycles. The van der Waals surface area contributed by atoms with E-state index in [0.29, 0.717) is 5.56 Å². The quantitative estimate of drug-likeness (QED) is 0.728. The van der Waals surface area contributed by atoms with E-state index in [1.165, 1.54) is 17.2 Å². The van der Waals surface area contributed by atoms with Crippen molar-refractivity contribution in [3.8, 4) is 11.1 Å². The lowest BCUT2D eigenvalue weighted by atomic mass is 9.96. The van der Waals surface area contributed by atoms with Gasteiger partial charge in [0, 0.05) is 5.56 Å². The first-order chi connectivity index (χ1) is 8.26. The molecule has 0 bridgehead atoms. The molecule has 0 saturated heterocycles. The standard InChI is InChI=1S/C16H16F/c1-3-12-9-10-14(11-13(12)4-2)15-7-5-6-8-16(15)17/h5,7-11H,3-4H2,1-2H3. The summed E-state index contributed by atoms with van der Waals surface area (Å²) in [6.07, 6.45) is 2.01. The van der Waals surface area contributed by atoms with E-state index >= 15 is 0 Å². The highest BCUT2D eigenvalue weighted by Gasteiger charge is 2.06. The second kappa shape index (κ2) is 5.13. The molecule has 0 heterocycles. The van der Waals surface area contributed by atoms with E-state index in [0.717, 1.165) is 18.4 Å². The Kier molecular flexibility index (Phi) is 3.58. The van der Waals surface area contributed by atoms with E-state index in [1.54, 1.807) is 12.1 Å². The summed E-state index contributed by atoms with van der Waals surface area (Å²) in [5.41, 5.74) is 4.25. The fourth-order valence-electron chi connectivity index (χ4n) is 2.11. The molecule has 17 heavy (non-hydrogen) atoms. The van der Waals surface area contributed by atoms with Gasteiger partial charge in [0.1, 0.15) is 5.82 Å². The number of benzene rings is 2. The third-order valence-corrected chi connectivity index (χ3v) is 3.09. The molecule has 0 unspecified atom stereocenters. The predicted molar refractivity (Wildman–Crippen MR) is 69.4 cm³/mol. The highest BCUT2D eigenvalue weighted by Crippen LogP contribution is 2.25. The topological polar surface area (TPSA) is 0 Å². The Bertz CT molecular complexity index is 515. The minimum absolute atomic E-state index is 0.209. The Hall–Kier alpha value is -1.63. The number of rotatable bonds is 3. The van der Waals surface area contributed by atoms with Crippen LogP contribution in [0.4, 0.5) is 4.39 Å². The van der Waals surface area contributed by atoms with Crippen LogP contribution in [-0.4, -0.2) is 0 Å². The average molecular weight is 227 g/mol. The van der Waals surface area contributed by atoms with E-state index in [4.69, 9.17) is 0 Å². The van der Waals surface area contributed by atoms with Gasteiger partial charge in [-0.05, 0) is 41.7 Å². The van der Waals surface area contributed by atoms with Crippen LogP contribution < -0.4 is 0 Å². The highest BCUT2D eigenvalue weighted by atomic mass is 19.1. The Balaban J connectivity index is 2.50. The summed E-state index contributed by atoms with van der Waals surface area (Å²) in [6.45, 7) is 4.28. The van der Waals surface area contributed by atoms with E-state index in [2.05, 4.69) is 32.0 Å². The van der Waals surface area contributed by atoms with E-state index < -0.39 is 0 Å². The molecule has 1 radical (unpaired) electrons. The lowest BCUT2D eigenvalue weighted by molar-refractivity contribution is 0.631. The van der Waals surface area contributed by atoms with Gasteiger partial charge in [-0.25, -0.2) is 4.39 Å². The van der Waals surface area contributed by atoms with Crippen molar-refractivity contribution in [2.75, 3.05) is 0 Å². The fourth-order valence-corrected chi connectivity index (χ4v) is 2.11. The Morgan fingerprint density at radius 3 is 2.47 bits per heavy atom. The molecule has 0 nitrogen and oxygen atoms in total. The summed E-state index contributed by atoms with van der Waals surface area (Å²) in [4.78, 5) is 0. The van der Waals surface area contributed by atoms with Gasteiger partial charge in [-0.2, -0.15) is 0 Å². The maximum atomic E-state index is 13.7. The first-order valence-electron chi connectivity index (χ1n) is 6.04. The molecular formula is C16H16F. The van der Waals surface area contributed by atoms with Crippen LogP contribution in [0.15, 0.2) is 36.4 Å². The van der Waals surface area contributed by atoms with Crippen LogP contribution in [-0.2, 0) is 12.8 Å². The summed E-state index contributed by atoms with van der Waals surface area (Å²) >= 11 is 0. The minimum atomic E-state index is -0.209. The van der Waals surface area contributed by atoms with Gasteiger partial charge in [-0.1, -0.05) is 44.2 Å². The minimum Gasteiger partial charge on any atom is -0.206 e. The molecule has 0 N–H and O–H groups in total. The highest BCUT2D eigenvalue weighted by molar-refractivity contribution is 5.65. The van der Waals surface area contributed by atoms with Gasteiger partial charge < -0.3 is 0 Å². The van der Waals surface area contributed by atoms with Crippen LogP contribution >= 0.6 is 0 Å². The van der Waals surface area contributed by atoms with Crippen molar-refractivity contribution >= 4 is 0 Å². The van der Waals surface area contributed by atoms with E-state index in [9.17, 15) is 4.39 Å². The number of aryl methyl sites for hydroxylation is 2. The summed E-state index contributed by atoms with van der Waals surface area (Å²) in [5.74, 6) is -0.209. The number of hydrogen-bond donors (Lipinski definition) is 0. The van der Waals surface area contributed by atoms with Gasteiger partial charge in [0.05, 0.1) is 0 Å². The Morgan fingerprint density at radius 2 is 1.82 bits per heavy atom. The van der Waals surface area contributed by atoms with Crippen LogP contribution in [0.25, 0.3) is 11.1 Å². The second-order valence-electron chi connectivity index (χ2n) is 4.10. The van der Waals surface area contributed by atoms with Crippen molar-refractivity contribution in [2.45, 2.75) is 26.7 Å². The molecule has 0 fully saturated rings. The zero-order valence-corrected chi connectivity index (χ0v) is 10.3. The summed E-state index contributed by atoms with van der Waals surface area (Å²) < 4.78 is 13.7. The third-order valence-electron chi connectivity index (χ3n) is 3.09. The van der Waals surface area contributed by atoms with Crippen molar-refractivity contribution < 1.29 is 4.39 Å². The molecule has 0 atom stereocenters. The van der Waals surface area contributed by atoms with Gasteiger partial charge in [0.2, 0.25) is 0 Å². The largest absolute Gasteiger partial charge is 0.206 e. The Morgan fingerprint density at radius 1 is 1.06 bits per heavy atom. The summed E-state index contributed by atoms with van der Waals surface area (Å²) in [7, 11) is 0. The predicted octanol–water partition coefficient (Wildman–Crippen LogP) is 4.42. The molecule has 0 aliphatic heterocycles. The molecule has 0 aliphatic rings. The normalized spacial score (nSPS) is 10.5. The van der Waals surface area contributed by atoms with Gasteiger partial charge in [-0.3, -0.25) is 0 Å². The summed E-state index contributed by atoms with van der Waals surface area (Å²) in [5, 5.41) is 0. The molecule has 87 valence electrons. The van der Waals surface area contributed by atoms with Crippen molar-refractivity contribution in [1.29, 1.82) is 0 Å². The van der Waals surface area contributed by atoms with Crippen molar-refractivity contribution in [2.24, 2.45) is 0 Å². The second-order valence-corrected chi connectivity index (χ2v) is 4.10. The van der Waals surface area contributed by atoms with Gasteiger partial charge in [0.15, 0.2) is 0 Å². The summed E-state index contributed by atoms with van der Waals surface area (Å²) in [6, 6.07) is 13.8. The average Bonchev–Trinajstić information content (AvgIpc) is 2.38. The first-order valence-corrected chi connectivity index (χ1v) is 6.04. The molecule has 1 heteroatoms. The van der Waals surface area contributed by atoms with Crippen LogP contribution in [0.5, 0.6) is 0 Å². The maximum absolute atomic E-state index is 13.7. The third kappa shape index (κ3) is 2.38. The molecule has 2 rings (SSSR count). The molecule has 0 aliphatic carbocycles. The smallest absolute Gasteiger partial charge is 0.131 e. The lowest BCUT2D eigenvalue weighted by Crippen LogP contribution is -1.92. The zero-order valence-electron chi connectivity index (χ0n) is 10.3. The van der Waals surface area contributed by atoms with Gasteiger partial charge in [0.25, 0.3) is 0 Å². The van der Waals surface area contributed by atoms with Crippen molar-refractivity contribution in [1.82, 2.24) is 0 Å². The monoisotopic (exact) mass is 227 g/mol. The SMILES string of the molecule is CCc1ccc(-c2cc[c]cc2F)cc1CC. The van der Waals surface area contributed by atoms with E-state index in [-0.39, 0.29) is 5.82 Å². The Labute approximate surface area is 102 Å². The molecule has 2 aromatic rings. The van der Waals surface area contributed by atoms with Gasteiger partial charge >= 0.3 is 0 Å². The van der Waals surface area contributed by atoms with Crippen LogP contribution in [0.3, 0.4) is 0 Å². The van der Waals surface area contributed by atoms with E-state index in [1.807, 2.05) is 6.07 Å². The fraction of sp³-hybridized carbons (Fsp3) is 0.250. The molecular weight excluding hydrogens is 211 g/mol. The van der Waals surface area contributed by atoms with Crippen LogP contribution in [0.2, 0.25) is 0 Å². The number of halogens is 1. The molecule has 0 saturated carbocycles. The number of hydrogen-bond acceptors (Lipinski definition) is 0. The molecule has 0 spiro atoms. The lowest BCUT2D eigenvalue weighted by Gasteiger charge is -2.09. The zero-order chi connectivity index (χ0) is 12.3. The maximum Gasteiger partial charge on any atom is 0.131 e.